The maximum Gasteiger partial charge on any atom is 0.274 e. The number of nitrogens with one attached hydrogen (secondary N) is 2. The van der Waals surface area contributed by atoms with E-state index in [1.807, 2.05) is 67.6 Å². The highest BCUT2D eigenvalue weighted by Crippen LogP contribution is 2.21. The first-order valence-corrected chi connectivity index (χ1v) is 10.9. The molecule has 0 unspecified atom stereocenters. The van der Waals surface area contributed by atoms with E-state index in [1.54, 1.807) is 6.07 Å². The van der Waals surface area contributed by atoms with E-state index in [0.29, 0.717) is 30.5 Å². The number of amides is 1. The minimum atomic E-state index is -0.251. The molecule has 1 aliphatic rings. The van der Waals surface area contributed by atoms with E-state index >= 15 is 0 Å². The summed E-state index contributed by atoms with van der Waals surface area (Å²) in [5.74, 6) is 1.17. The number of carbonyl (C=O) groups is 1. The van der Waals surface area contributed by atoms with Gasteiger partial charge in [-0.15, -0.1) is 0 Å². The predicted molar refractivity (Wildman–Crippen MR) is 129 cm³/mol. The minimum Gasteiger partial charge on any atom is -0.378 e. The van der Waals surface area contributed by atoms with Crippen LogP contribution in [-0.2, 0) is 4.74 Å². The Balaban J connectivity index is 1.26. The molecule has 0 bridgehead atoms. The van der Waals surface area contributed by atoms with Gasteiger partial charge < -0.3 is 20.3 Å². The summed E-state index contributed by atoms with van der Waals surface area (Å²) in [5, 5.41) is 7.15. The van der Waals surface area contributed by atoms with Crippen LogP contribution in [0.2, 0.25) is 0 Å². The molecule has 0 aliphatic carbocycles. The van der Waals surface area contributed by atoms with Crippen LogP contribution in [0.3, 0.4) is 0 Å². The van der Waals surface area contributed by atoms with Crippen molar-refractivity contribution in [2.75, 3.05) is 41.8 Å². The third-order valence-electron chi connectivity index (χ3n) is 5.41. The molecule has 1 fully saturated rings. The first-order chi connectivity index (χ1) is 16.1. The number of fused-ring (bicyclic) bond motifs is 1. The monoisotopic (exact) mass is 440 g/mol. The van der Waals surface area contributed by atoms with Crippen molar-refractivity contribution in [3.05, 3.63) is 78.1 Å². The Bertz CT molecular complexity index is 1290. The van der Waals surface area contributed by atoms with Gasteiger partial charge in [0.05, 0.1) is 18.7 Å². The summed E-state index contributed by atoms with van der Waals surface area (Å²) in [4.78, 5) is 28.4. The van der Waals surface area contributed by atoms with Gasteiger partial charge in [0.15, 0.2) is 0 Å². The van der Waals surface area contributed by atoms with Gasteiger partial charge in [0.1, 0.15) is 11.5 Å². The smallest absolute Gasteiger partial charge is 0.274 e. The fourth-order valence-electron chi connectivity index (χ4n) is 3.72. The van der Waals surface area contributed by atoms with Crippen LogP contribution in [0.15, 0.2) is 66.7 Å². The molecule has 5 rings (SSSR count). The number of carbonyl (C=O) groups excluding carboxylic acids is 1. The fourth-order valence-corrected chi connectivity index (χ4v) is 3.72. The average Bonchev–Trinajstić information content (AvgIpc) is 2.85. The third kappa shape index (κ3) is 4.91. The van der Waals surface area contributed by atoms with Crippen LogP contribution in [0.25, 0.3) is 10.9 Å². The Morgan fingerprint density at radius 2 is 1.67 bits per heavy atom. The molecule has 2 N–H and O–H groups in total. The van der Waals surface area contributed by atoms with Gasteiger partial charge >= 0.3 is 0 Å². The van der Waals surface area contributed by atoms with Crippen molar-refractivity contribution in [2.24, 2.45) is 0 Å². The zero-order valence-corrected chi connectivity index (χ0v) is 18.3. The number of benzene rings is 2. The van der Waals surface area contributed by atoms with E-state index in [2.05, 4.69) is 30.5 Å². The second kappa shape index (κ2) is 9.22. The number of aryl methyl sites for hydroxylation is 1. The zero-order valence-electron chi connectivity index (χ0n) is 18.3. The van der Waals surface area contributed by atoms with Crippen molar-refractivity contribution in [1.29, 1.82) is 0 Å². The lowest BCUT2D eigenvalue weighted by atomic mass is 10.2. The number of para-hydroxylation sites is 1. The van der Waals surface area contributed by atoms with Crippen LogP contribution >= 0.6 is 0 Å². The Labute approximate surface area is 191 Å². The van der Waals surface area contributed by atoms with Gasteiger partial charge in [-0.3, -0.25) is 4.79 Å². The summed E-state index contributed by atoms with van der Waals surface area (Å²) in [6.07, 6.45) is 0. The minimum absolute atomic E-state index is 0.251. The normalized spacial score (nSPS) is 13.7. The Morgan fingerprint density at radius 3 is 2.48 bits per heavy atom. The quantitative estimate of drug-likeness (QED) is 0.481. The van der Waals surface area contributed by atoms with Crippen LogP contribution in [0.5, 0.6) is 0 Å². The highest BCUT2D eigenvalue weighted by atomic mass is 16.5. The largest absolute Gasteiger partial charge is 0.378 e. The summed E-state index contributed by atoms with van der Waals surface area (Å²) < 4.78 is 5.43. The molecule has 8 heteroatoms. The van der Waals surface area contributed by atoms with Crippen molar-refractivity contribution in [3.63, 3.8) is 0 Å². The molecule has 166 valence electrons. The molecule has 1 amide bonds. The number of pyridine rings is 1. The van der Waals surface area contributed by atoms with Crippen LogP contribution in [-0.4, -0.2) is 47.2 Å². The molecule has 33 heavy (non-hydrogen) atoms. The van der Waals surface area contributed by atoms with Crippen LogP contribution in [0, 0.1) is 6.92 Å². The molecular formula is C25H24N6O2. The molecule has 2 aromatic heterocycles. The van der Waals surface area contributed by atoms with Gasteiger partial charge in [-0.2, -0.15) is 4.98 Å². The first kappa shape index (κ1) is 20.8. The van der Waals surface area contributed by atoms with E-state index in [9.17, 15) is 4.79 Å². The number of aromatic nitrogens is 3. The number of ether oxygens (including phenoxy) is 1. The van der Waals surface area contributed by atoms with Gasteiger partial charge in [-0.25, -0.2) is 9.97 Å². The molecule has 0 atom stereocenters. The lowest BCUT2D eigenvalue weighted by Crippen LogP contribution is -2.36. The molecule has 0 spiro atoms. The average molecular weight is 441 g/mol. The SMILES string of the molecule is Cc1cc(N2CCOCC2)nc(Nc2ccc(NC(=O)c3ccc4ccccc4n3)cc2)n1. The van der Waals surface area contributed by atoms with Gasteiger partial charge in [-0.05, 0) is 43.3 Å². The summed E-state index contributed by atoms with van der Waals surface area (Å²) in [6, 6.07) is 20.8. The maximum absolute atomic E-state index is 12.6. The molecular weight excluding hydrogens is 416 g/mol. The van der Waals surface area contributed by atoms with Crippen molar-refractivity contribution >= 4 is 40.0 Å². The van der Waals surface area contributed by atoms with Crippen molar-refractivity contribution in [3.8, 4) is 0 Å². The van der Waals surface area contributed by atoms with Crippen LogP contribution in [0.4, 0.5) is 23.1 Å². The molecule has 4 aromatic rings. The van der Waals surface area contributed by atoms with E-state index in [-0.39, 0.29) is 5.91 Å². The number of anilines is 4. The molecule has 0 saturated carbocycles. The summed E-state index contributed by atoms with van der Waals surface area (Å²) in [5.41, 5.74) is 3.56. The Hall–Kier alpha value is -4.04. The molecule has 2 aromatic carbocycles. The number of rotatable bonds is 5. The van der Waals surface area contributed by atoms with Crippen molar-refractivity contribution < 1.29 is 9.53 Å². The number of morpholine rings is 1. The summed E-state index contributed by atoms with van der Waals surface area (Å²) >= 11 is 0. The Morgan fingerprint density at radius 1 is 0.909 bits per heavy atom. The number of hydrogen-bond acceptors (Lipinski definition) is 7. The highest BCUT2D eigenvalue weighted by molar-refractivity contribution is 6.04. The standard InChI is InChI=1S/C25H24N6O2/c1-17-16-23(31-12-14-33-15-13-31)30-25(26-17)28-20-9-7-19(8-10-20)27-24(32)22-11-6-18-4-2-3-5-21(18)29-22/h2-11,16H,12-15H2,1H3,(H,27,32)(H,26,28,30). The van der Waals surface area contributed by atoms with Gasteiger partial charge in [0, 0.05) is 41.6 Å². The molecule has 0 radical (unpaired) electrons. The Kier molecular flexibility index (Phi) is 5.82. The topological polar surface area (TPSA) is 92.3 Å². The molecule has 8 nitrogen and oxygen atoms in total. The van der Waals surface area contributed by atoms with Crippen LogP contribution in [0.1, 0.15) is 16.2 Å². The predicted octanol–water partition coefficient (Wildman–Crippen LogP) is 4.17. The zero-order chi connectivity index (χ0) is 22.6. The third-order valence-corrected chi connectivity index (χ3v) is 5.41. The maximum atomic E-state index is 12.6. The molecule has 3 heterocycles. The number of hydrogen-bond donors (Lipinski definition) is 2. The fraction of sp³-hybridized carbons (Fsp3) is 0.200. The molecule has 1 aliphatic heterocycles. The van der Waals surface area contributed by atoms with Gasteiger partial charge in [-0.1, -0.05) is 24.3 Å². The van der Waals surface area contributed by atoms with E-state index < -0.39 is 0 Å². The molecule has 1 saturated heterocycles. The van der Waals surface area contributed by atoms with Crippen molar-refractivity contribution in [2.45, 2.75) is 6.92 Å². The second-order valence-electron chi connectivity index (χ2n) is 7.84. The lowest BCUT2D eigenvalue weighted by molar-refractivity contribution is 0.102. The first-order valence-electron chi connectivity index (χ1n) is 10.9. The summed E-state index contributed by atoms with van der Waals surface area (Å²) in [7, 11) is 0. The number of nitrogens with zero attached hydrogens (tertiary/aromatic N) is 4. The second-order valence-corrected chi connectivity index (χ2v) is 7.84. The van der Waals surface area contributed by atoms with Crippen LogP contribution < -0.4 is 15.5 Å². The van der Waals surface area contributed by atoms with E-state index in [0.717, 1.165) is 41.2 Å². The lowest BCUT2D eigenvalue weighted by Gasteiger charge is -2.28. The highest BCUT2D eigenvalue weighted by Gasteiger charge is 2.14. The summed E-state index contributed by atoms with van der Waals surface area (Å²) in [6.45, 7) is 4.99. The van der Waals surface area contributed by atoms with Gasteiger partial charge in [0.25, 0.3) is 5.91 Å². The van der Waals surface area contributed by atoms with Crippen molar-refractivity contribution in [1.82, 2.24) is 15.0 Å². The van der Waals surface area contributed by atoms with E-state index in [1.165, 1.54) is 0 Å². The van der Waals surface area contributed by atoms with E-state index in [4.69, 9.17) is 4.74 Å². The van der Waals surface area contributed by atoms with Gasteiger partial charge in [0.2, 0.25) is 5.95 Å².